The fourth-order valence-corrected chi connectivity index (χ4v) is 3.12. The summed E-state index contributed by atoms with van der Waals surface area (Å²) < 4.78 is 17.8. The van der Waals surface area contributed by atoms with Gasteiger partial charge in [0.2, 0.25) is 5.95 Å². The fourth-order valence-electron chi connectivity index (χ4n) is 3.12. The molecule has 10 nitrogen and oxygen atoms in total. The number of fused-ring (bicyclic) bond motifs is 3. The van der Waals surface area contributed by atoms with Gasteiger partial charge in [-0.2, -0.15) is 9.61 Å². The molecule has 0 atom stereocenters. The van der Waals surface area contributed by atoms with Crippen LogP contribution in [0.3, 0.4) is 0 Å². The van der Waals surface area contributed by atoms with Crippen molar-refractivity contribution < 1.29 is 4.39 Å². The van der Waals surface area contributed by atoms with E-state index < -0.39 is 11.4 Å². The van der Waals surface area contributed by atoms with Gasteiger partial charge in [0.05, 0.1) is 18.0 Å². The lowest BCUT2D eigenvalue weighted by Crippen LogP contribution is -2.12. The number of nitrogens with one attached hydrogen (secondary N) is 1. The van der Waals surface area contributed by atoms with Crippen LogP contribution in [0.2, 0.25) is 0 Å². The zero-order valence-electron chi connectivity index (χ0n) is 16.6. The van der Waals surface area contributed by atoms with Gasteiger partial charge in [-0.3, -0.25) is 14.5 Å². The number of rotatable bonds is 4. The molecular formula is C20H16FN9O. The summed E-state index contributed by atoms with van der Waals surface area (Å²) in [6.07, 6.45) is 7.49. The van der Waals surface area contributed by atoms with Crippen LogP contribution in [0.1, 0.15) is 19.9 Å². The molecule has 4 heterocycles. The maximum absolute atomic E-state index is 14.5. The van der Waals surface area contributed by atoms with E-state index >= 15 is 0 Å². The number of anilines is 2. The van der Waals surface area contributed by atoms with Gasteiger partial charge in [-0.25, -0.2) is 19.3 Å². The highest BCUT2D eigenvalue weighted by Crippen LogP contribution is 2.26. The maximum atomic E-state index is 14.5. The van der Waals surface area contributed by atoms with Crippen LogP contribution in [0, 0.1) is 5.82 Å². The lowest BCUT2D eigenvalue weighted by Gasteiger charge is -2.07. The highest BCUT2D eigenvalue weighted by atomic mass is 19.1. The van der Waals surface area contributed by atoms with E-state index in [9.17, 15) is 9.18 Å². The van der Waals surface area contributed by atoms with Crippen molar-refractivity contribution in [3.8, 4) is 11.4 Å². The Kier molecular flexibility index (Phi) is 4.35. The van der Waals surface area contributed by atoms with Gasteiger partial charge in [0, 0.05) is 30.0 Å². The third-order valence-electron chi connectivity index (χ3n) is 4.67. The van der Waals surface area contributed by atoms with Gasteiger partial charge in [-0.05, 0) is 26.0 Å². The summed E-state index contributed by atoms with van der Waals surface area (Å²) >= 11 is 0. The number of hydrogen-bond donors (Lipinski definition) is 1. The Labute approximate surface area is 174 Å². The Hall–Kier alpha value is -4.28. The van der Waals surface area contributed by atoms with Crippen LogP contribution in [0.25, 0.3) is 27.9 Å². The van der Waals surface area contributed by atoms with Crippen LogP contribution >= 0.6 is 0 Å². The Bertz CT molecular complexity index is 1490. The Morgan fingerprint density at radius 1 is 1.13 bits per heavy atom. The summed E-state index contributed by atoms with van der Waals surface area (Å²) in [4.78, 5) is 28.9. The number of para-hydroxylation sites is 1. The molecule has 1 aromatic carbocycles. The highest BCUT2D eigenvalue weighted by molar-refractivity contribution is 5.93. The fraction of sp³-hybridized carbons (Fsp3) is 0.150. The van der Waals surface area contributed by atoms with Crippen molar-refractivity contribution in [3.05, 3.63) is 65.4 Å². The Balaban J connectivity index is 1.75. The van der Waals surface area contributed by atoms with Gasteiger partial charge >= 0.3 is 0 Å². The zero-order chi connectivity index (χ0) is 21.5. The first kappa shape index (κ1) is 18.7. The number of nitrogens with zero attached hydrogens (tertiary/aromatic N) is 8. The van der Waals surface area contributed by atoms with E-state index in [1.165, 1.54) is 29.2 Å². The van der Waals surface area contributed by atoms with E-state index in [0.29, 0.717) is 22.4 Å². The molecule has 31 heavy (non-hydrogen) atoms. The summed E-state index contributed by atoms with van der Waals surface area (Å²) in [5.74, 6) is -0.0160. The minimum absolute atomic E-state index is 0.0687. The maximum Gasteiger partial charge on any atom is 0.295 e. The lowest BCUT2D eigenvalue weighted by molar-refractivity contribution is 0.532. The van der Waals surface area contributed by atoms with Crippen LogP contribution in [-0.4, -0.2) is 39.3 Å². The largest absolute Gasteiger partial charge is 0.318 e. The molecule has 0 amide bonds. The van der Waals surface area contributed by atoms with E-state index in [1.807, 2.05) is 20.0 Å². The molecule has 0 bridgehead atoms. The minimum Gasteiger partial charge on any atom is -0.318 e. The number of aromatic nitrogens is 8. The van der Waals surface area contributed by atoms with Crippen LogP contribution in [0.5, 0.6) is 0 Å². The normalized spacial score (nSPS) is 11.5. The molecule has 1 N–H and O–H groups in total. The molecule has 0 aliphatic heterocycles. The number of halogens is 1. The molecule has 5 aromatic rings. The van der Waals surface area contributed by atoms with Crippen molar-refractivity contribution in [2.45, 2.75) is 19.9 Å². The second kappa shape index (κ2) is 7.20. The molecule has 0 aliphatic rings. The topological polar surface area (TPSA) is 116 Å². The van der Waals surface area contributed by atoms with Gasteiger partial charge in [0.15, 0.2) is 11.5 Å². The molecule has 0 saturated carbocycles. The van der Waals surface area contributed by atoms with Crippen molar-refractivity contribution in [1.29, 1.82) is 0 Å². The summed E-state index contributed by atoms with van der Waals surface area (Å²) in [6.45, 7) is 4.02. The quantitative estimate of drug-likeness (QED) is 0.475. The second-order valence-corrected chi connectivity index (χ2v) is 7.09. The molecule has 0 spiro atoms. The van der Waals surface area contributed by atoms with E-state index in [1.54, 1.807) is 23.0 Å². The molecule has 5 rings (SSSR count). The first-order valence-corrected chi connectivity index (χ1v) is 9.48. The van der Waals surface area contributed by atoms with Crippen molar-refractivity contribution in [3.63, 3.8) is 0 Å². The average molecular weight is 417 g/mol. The summed E-state index contributed by atoms with van der Waals surface area (Å²) in [5, 5.41) is 12.2. The van der Waals surface area contributed by atoms with Crippen molar-refractivity contribution in [1.82, 2.24) is 39.3 Å². The first-order chi connectivity index (χ1) is 15.0. The van der Waals surface area contributed by atoms with Gasteiger partial charge in [0.25, 0.3) is 5.56 Å². The predicted octanol–water partition coefficient (Wildman–Crippen LogP) is 2.75. The Morgan fingerprint density at radius 2 is 2.00 bits per heavy atom. The summed E-state index contributed by atoms with van der Waals surface area (Å²) in [6, 6.07) is 4.78. The smallest absolute Gasteiger partial charge is 0.295 e. The van der Waals surface area contributed by atoms with E-state index in [4.69, 9.17) is 0 Å². The molecule has 0 aliphatic carbocycles. The minimum atomic E-state index is -0.542. The van der Waals surface area contributed by atoms with Crippen molar-refractivity contribution >= 4 is 28.2 Å². The zero-order valence-corrected chi connectivity index (χ0v) is 16.6. The van der Waals surface area contributed by atoms with Gasteiger partial charge < -0.3 is 5.32 Å². The molecule has 11 heteroatoms. The lowest BCUT2D eigenvalue weighted by atomic mass is 10.2. The average Bonchev–Trinajstić information content (AvgIpc) is 3.36. The van der Waals surface area contributed by atoms with Crippen LogP contribution in [0.15, 0.2) is 54.0 Å². The third-order valence-corrected chi connectivity index (χ3v) is 4.67. The molecule has 0 unspecified atom stereocenters. The van der Waals surface area contributed by atoms with E-state index in [0.717, 1.165) is 0 Å². The monoisotopic (exact) mass is 417 g/mol. The molecular weight excluding hydrogens is 401 g/mol. The van der Waals surface area contributed by atoms with Crippen LogP contribution in [0.4, 0.5) is 16.0 Å². The van der Waals surface area contributed by atoms with Crippen LogP contribution < -0.4 is 10.9 Å². The third kappa shape index (κ3) is 3.25. The molecule has 0 fully saturated rings. The van der Waals surface area contributed by atoms with Gasteiger partial charge in [-0.15, -0.1) is 5.10 Å². The first-order valence-electron chi connectivity index (χ1n) is 9.48. The SMILES string of the molecule is CC(C)n1cc(-c2nc3c4cccc(F)c4nc(Nc4cnccnc4=O)n3n2)cn1. The summed E-state index contributed by atoms with van der Waals surface area (Å²) in [7, 11) is 0. The molecule has 4 aromatic heterocycles. The molecule has 0 radical (unpaired) electrons. The van der Waals surface area contributed by atoms with E-state index in [2.05, 4.69) is 35.5 Å². The number of hydrogen-bond acceptors (Lipinski definition) is 8. The Morgan fingerprint density at radius 3 is 2.81 bits per heavy atom. The predicted molar refractivity (Wildman–Crippen MR) is 111 cm³/mol. The number of benzene rings is 1. The van der Waals surface area contributed by atoms with Gasteiger partial charge in [0.1, 0.15) is 17.0 Å². The van der Waals surface area contributed by atoms with Crippen LogP contribution in [-0.2, 0) is 0 Å². The van der Waals surface area contributed by atoms with E-state index in [-0.39, 0.29) is 23.2 Å². The second-order valence-electron chi connectivity index (χ2n) is 7.09. The van der Waals surface area contributed by atoms with Crippen molar-refractivity contribution in [2.24, 2.45) is 0 Å². The van der Waals surface area contributed by atoms with Crippen molar-refractivity contribution in [2.75, 3.05) is 5.32 Å². The summed E-state index contributed by atoms with van der Waals surface area (Å²) in [5.41, 5.74) is 0.710. The highest BCUT2D eigenvalue weighted by Gasteiger charge is 2.18. The standard InChI is InChI=1S/C20H16FN9O/c1-11(2)29-10-12(8-24-29)17-27-18-13-4-3-5-14(21)16(13)26-20(30(18)28-17)25-15-9-22-6-7-23-19(15)31/h3-11H,1-2H3,(H,23,25,26,31). The van der Waals surface area contributed by atoms with Gasteiger partial charge in [-0.1, -0.05) is 6.07 Å². The molecule has 154 valence electrons. The molecule has 0 saturated heterocycles.